The van der Waals surface area contributed by atoms with Crippen molar-refractivity contribution in [1.82, 2.24) is 30.2 Å². The van der Waals surface area contributed by atoms with Crippen LogP contribution in [-0.4, -0.2) is 75.8 Å². The van der Waals surface area contributed by atoms with Gasteiger partial charge in [0.25, 0.3) is 5.91 Å². The Kier molecular flexibility index (Phi) is 8.18. The Morgan fingerprint density at radius 2 is 2.12 bits per heavy atom. The normalized spacial score (nSPS) is 19.3. The number of carbonyl (C=O) groups is 2. The van der Waals surface area contributed by atoms with Gasteiger partial charge in [0.15, 0.2) is 0 Å². The van der Waals surface area contributed by atoms with Gasteiger partial charge in [-0.15, -0.1) is 0 Å². The summed E-state index contributed by atoms with van der Waals surface area (Å²) in [5.41, 5.74) is 1.14. The van der Waals surface area contributed by atoms with E-state index in [2.05, 4.69) is 25.9 Å². The van der Waals surface area contributed by atoms with E-state index in [1.165, 1.54) is 6.92 Å². The molecule has 2 unspecified atom stereocenters. The zero-order valence-corrected chi connectivity index (χ0v) is 19.4. The van der Waals surface area contributed by atoms with Gasteiger partial charge in [0, 0.05) is 30.8 Å². The van der Waals surface area contributed by atoms with Crippen molar-refractivity contribution >= 4 is 17.8 Å². The van der Waals surface area contributed by atoms with Gasteiger partial charge in [-0.25, -0.2) is 4.79 Å². The summed E-state index contributed by atoms with van der Waals surface area (Å²) in [5, 5.41) is 16.3. The van der Waals surface area contributed by atoms with Gasteiger partial charge < -0.3 is 20.3 Å². The van der Waals surface area contributed by atoms with E-state index in [1.54, 1.807) is 23.0 Å². The lowest BCUT2D eigenvalue weighted by Gasteiger charge is -2.18. The first kappa shape index (κ1) is 25.5. The smallest absolute Gasteiger partial charge is 0.407 e. The fourth-order valence-corrected chi connectivity index (χ4v) is 3.90. The zero-order valence-electron chi connectivity index (χ0n) is 19.4. The number of nitrogens with one attached hydrogen (secondary N) is 3. The van der Waals surface area contributed by atoms with E-state index in [0.717, 1.165) is 6.54 Å². The lowest BCUT2D eigenvalue weighted by molar-refractivity contribution is -0.138. The van der Waals surface area contributed by atoms with Gasteiger partial charge in [-0.1, -0.05) is 0 Å². The number of alkyl halides is 3. The molecular weight excluding hydrogens is 455 g/mol. The van der Waals surface area contributed by atoms with Crippen LogP contribution in [0.3, 0.4) is 0 Å². The molecule has 0 bridgehead atoms. The van der Waals surface area contributed by atoms with Gasteiger partial charge in [-0.3, -0.25) is 14.6 Å². The number of halogens is 3. The molecule has 0 aliphatic heterocycles. The topological polar surface area (TPSA) is 117 Å². The number of nitrogens with zero attached hydrogens (tertiary/aromatic N) is 4. The third-order valence-corrected chi connectivity index (χ3v) is 5.53. The summed E-state index contributed by atoms with van der Waals surface area (Å²) < 4.78 is 44.1. The molecule has 0 aromatic carbocycles. The Bertz CT molecular complexity index is 973. The average Bonchev–Trinajstić information content (AvgIpc) is 3.45. The van der Waals surface area contributed by atoms with E-state index >= 15 is 0 Å². The highest BCUT2D eigenvalue weighted by molar-refractivity contribution is 6.02. The first-order valence-corrected chi connectivity index (χ1v) is 11.1. The minimum absolute atomic E-state index is 0.00193. The van der Waals surface area contributed by atoms with Crippen molar-refractivity contribution in [3.63, 3.8) is 0 Å². The van der Waals surface area contributed by atoms with Crippen molar-refractivity contribution in [2.75, 3.05) is 26.0 Å². The fraction of sp³-hybridized carbons (Fsp3) is 0.619. The molecule has 1 fully saturated rings. The number of H-pyrrole nitrogens is 1. The SMILES string of the molecule is CC(CC(F)(F)F)NC(=O)OC1CC[C@H](c2cc(NC(=O)c3ccnn3CCN(C)C)[nH]n2)C1. The van der Waals surface area contributed by atoms with E-state index in [0.29, 0.717) is 43.0 Å². The quantitative estimate of drug-likeness (QED) is 0.503. The van der Waals surface area contributed by atoms with Crippen molar-refractivity contribution in [3.8, 4) is 0 Å². The lowest BCUT2D eigenvalue weighted by Crippen LogP contribution is -2.37. The minimum Gasteiger partial charge on any atom is -0.446 e. The maximum atomic E-state index is 12.7. The van der Waals surface area contributed by atoms with E-state index in [9.17, 15) is 22.8 Å². The maximum absolute atomic E-state index is 12.7. The Hall–Kier alpha value is -3.09. The molecule has 3 rings (SSSR count). The largest absolute Gasteiger partial charge is 0.446 e. The number of rotatable bonds is 9. The van der Waals surface area contributed by atoms with Gasteiger partial charge in [0.2, 0.25) is 0 Å². The van der Waals surface area contributed by atoms with Crippen molar-refractivity contribution in [3.05, 3.63) is 29.7 Å². The van der Waals surface area contributed by atoms with Crippen LogP contribution in [0.5, 0.6) is 0 Å². The van der Waals surface area contributed by atoms with Crippen LogP contribution in [0.2, 0.25) is 0 Å². The molecular formula is C21H30F3N7O3. The third-order valence-electron chi connectivity index (χ3n) is 5.53. The van der Waals surface area contributed by atoms with E-state index < -0.39 is 30.8 Å². The van der Waals surface area contributed by atoms with Crippen LogP contribution in [0.4, 0.5) is 23.8 Å². The van der Waals surface area contributed by atoms with Crippen LogP contribution in [0.25, 0.3) is 0 Å². The van der Waals surface area contributed by atoms with Crippen LogP contribution in [-0.2, 0) is 11.3 Å². The van der Waals surface area contributed by atoms with Gasteiger partial charge in [0.1, 0.15) is 17.6 Å². The van der Waals surface area contributed by atoms with Crippen molar-refractivity contribution in [2.24, 2.45) is 0 Å². The second kappa shape index (κ2) is 10.9. The first-order chi connectivity index (χ1) is 16.0. The first-order valence-electron chi connectivity index (χ1n) is 11.1. The fourth-order valence-electron chi connectivity index (χ4n) is 3.90. The number of hydrogen-bond acceptors (Lipinski definition) is 6. The highest BCUT2D eigenvalue weighted by Gasteiger charge is 2.33. The molecule has 0 saturated heterocycles. The molecule has 0 radical (unpaired) electrons. The second-order valence-electron chi connectivity index (χ2n) is 8.81. The van der Waals surface area contributed by atoms with E-state index in [1.807, 2.05) is 19.0 Å². The molecule has 3 N–H and O–H groups in total. The van der Waals surface area contributed by atoms with E-state index in [-0.39, 0.29) is 11.8 Å². The molecule has 2 heterocycles. The van der Waals surface area contributed by atoms with Crippen LogP contribution >= 0.6 is 0 Å². The van der Waals surface area contributed by atoms with Gasteiger partial charge >= 0.3 is 12.3 Å². The molecule has 34 heavy (non-hydrogen) atoms. The highest BCUT2D eigenvalue weighted by atomic mass is 19.4. The van der Waals surface area contributed by atoms with Crippen LogP contribution in [0, 0.1) is 0 Å². The number of alkyl carbamates (subject to hydrolysis) is 1. The molecule has 13 heteroatoms. The molecule has 2 aromatic rings. The Labute approximate surface area is 195 Å². The van der Waals surface area contributed by atoms with Gasteiger partial charge in [-0.2, -0.15) is 23.4 Å². The number of hydrogen-bond donors (Lipinski definition) is 3. The van der Waals surface area contributed by atoms with Crippen molar-refractivity contribution in [1.29, 1.82) is 0 Å². The number of aromatic amines is 1. The summed E-state index contributed by atoms with van der Waals surface area (Å²) in [6, 6.07) is 2.31. The minimum atomic E-state index is -4.36. The Morgan fingerprint density at radius 3 is 2.82 bits per heavy atom. The lowest BCUT2D eigenvalue weighted by atomic mass is 10.0. The third kappa shape index (κ3) is 7.47. The van der Waals surface area contributed by atoms with E-state index in [4.69, 9.17) is 4.74 Å². The highest BCUT2D eigenvalue weighted by Crippen LogP contribution is 2.36. The molecule has 1 aliphatic carbocycles. The molecule has 3 atom stereocenters. The summed E-state index contributed by atoms with van der Waals surface area (Å²) in [6.07, 6.45) is -3.40. The predicted molar refractivity (Wildman–Crippen MR) is 117 cm³/mol. The number of aromatic nitrogens is 4. The molecule has 2 amide bonds. The van der Waals surface area contributed by atoms with Crippen molar-refractivity contribution in [2.45, 2.75) is 63.4 Å². The molecule has 1 aliphatic rings. The number of ether oxygens (including phenoxy) is 1. The average molecular weight is 486 g/mol. The van der Waals surface area contributed by atoms with Crippen LogP contribution in [0.15, 0.2) is 18.3 Å². The van der Waals surface area contributed by atoms with Gasteiger partial charge in [-0.05, 0) is 46.3 Å². The summed E-state index contributed by atoms with van der Waals surface area (Å²) in [7, 11) is 3.88. The number of amides is 2. The van der Waals surface area contributed by atoms with Crippen LogP contribution in [0.1, 0.15) is 54.7 Å². The van der Waals surface area contributed by atoms with Crippen molar-refractivity contribution < 1.29 is 27.5 Å². The number of anilines is 1. The molecule has 2 aromatic heterocycles. The summed E-state index contributed by atoms with van der Waals surface area (Å²) in [4.78, 5) is 26.6. The maximum Gasteiger partial charge on any atom is 0.407 e. The predicted octanol–water partition coefficient (Wildman–Crippen LogP) is 3.12. The molecule has 0 spiro atoms. The number of likely N-dealkylation sites (N-methyl/N-ethyl adjacent to an activating group) is 1. The van der Waals surface area contributed by atoms with Crippen LogP contribution < -0.4 is 10.6 Å². The molecule has 10 nitrogen and oxygen atoms in total. The van der Waals surface area contributed by atoms with Gasteiger partial charge in [0.05, 0.1) is 18.7 Å². The summed E-state index contributed by atoms with van der Waals surface area (Å²) in [6.45, 7) is 2.59. The second-order valence-corrected chi connectivity index (χ2v) is 8.81. The zero-order chi connectivity index (χ0) is 24.9. The summed E-state index contributed by atoms with van der Waals surface area (Å²) in [5.74, 6) is 0.116. The molecule has 188 valence electrons. The Balaban J connectivity index is 1.49. The summed E-state index contributed by atoms with van der Waals surface area (Å²) >= 11 is 0. The monoisotopic (exact) mass is 485 g/mol. The number of carbonyl (C=O) groups excluding carboxylic acids is 2. The standard InChI is InChI=1S/C21H30F3N7O3/c1-13(12-21(22,23)24)26-20(33)34-15-5-4-14(10-15)16-11-18(29-28-16)27-19(32)17-6-7-25-31(17)9-8-30(2)3/h6-7,11,13-15H,4-5,8-10,12H2,1-3H3,(H,26,33)(H2,27,28,29,32)/t13?,14-,15?/m0/s1. The Morgan fingerprint density at radius 1 is 1.35 bits per heavy atom. The molecule has 1 saturated carbocycles.